The number of rotatable bonds is 4. The second-order valence-corrected chi connectivity index (χ2v) is 3.91. The highest BCUT2D eigenvalue weighted by Crippen LogP contribution is 2.14. The summed E-state index contributed by atoms with van der Waals surface area (Å²) in [6.45, 7) is 10.2. The average Bonchev–Trinajstić information content (AvgIpc) is 2.17. The van der Waals surface area contributed by atoms with Crippen molar-refractivity contribution in [3.8, 4) is 0 Å². The van der Waals surface area contributed by atoms with Gasteiger partial charge in [0.25, 0.3) is 0 Å². The molecule has 1 unspecified atom stereocenters. The maximum absolute atomic E-state index is 3.74. The van der Waals surface area contributed by atoms with Gasteiger partial charge in [0.1, 0.15) is 0 Å². The lowest BCUT2D eigenvalue weighted by molar-refractivity contribution is 0.506. The summed E-state index contributed by atoms with van der Waals surface area (Å²) in [5.41, 5.74) is 2.50. The molecule has 0 saturated carbocycles. The van der Waals surface area contributed by atoms with Crippen LogP contribution < -0.4 is 5.32 Å². The van der Waals surface area contributed by atoms with Crippen LogP contribution in [0.4, 0.5) is 0 Å². The Bertz CT molecular complexity index is 285. The van der Waals surface area contributed by atoms with E-state index in [1.807, 2.05) is 6.08 Å². The smallest absolute Gasteiger partial charge is 0.0294 e. The predicted octanol–water partition coefficient (Wildman–Crippen LogP) is 3.39. The van der Waals surface area contributed by atoms with Gasteiger partial charge in [-0.25, -0.2) is 0 Å². The number of hydrogen-bond donors (Lipinski definition) is 1. The first kappa shape index (κ1) is 11.0. The quantitative estimate of drug-likeness (QED) is 0.765. The van der Waals surface area contributed by atoms with Crippen molar-refractivity contribution < 1.29 is 0 Å². The van der Waals surface area contributed by atoms with Gasteiger partial charge in [-0.2, -0.15) is 0 Å². The Labute approximate surface area is 86.8 Å². The van der Waals surface area contributed by atoms with Crippen molar-refractivity contribution >= 4 is 6.08 Å². The average molecular weight is 189 g/mol. The molecule has 1 heteroatoms. The molecule has 1 atom stereocenters. The van der Waals surface area contributed by atoms with E-state index in [2.05, 4.69) is 56.9 Å². The van der Waals surface area contributed by atoms with Gasteiger partial charge >= 0.3 is 0 Å². The van der Waals surface area contributed by atoms with Crippen LogP contribution in [0.3, 0.4) is 0 Å². The van der Waals surface area contributed by atoms with E-state index >= 15 is 0 Å². The molecule has 0 aromatic heterocycles. The first-order chi connectivity index (χ1) is 6.63. The van der Waals surface area contributed by atoms with Crippen molar-refractivity contribution in [3.05, 3.63) is 42.0 Å². The molecule has 1 aromatic carbocycles. The van der Waals surface area contributed by atoms with Crippen molar-refractivity contribution in [1.29, 1.82) is 0 Å². The molecule has 0 saturated heterocycles. The molecule has 1 nitrogen and oxygen atoms in total. The molecule has 1 rings (SSSR count). The molecule has 0 bridgehead atoms. The molecule has 0 aliphatic carbocycles. The molecule has 0 spiro atoms. The van der Waals surface area contributed by atoms with Crippen LogP contribution in [0.5, 0.6) is 0 Å². The SMILES string of the molecule is C=Cc1ccc(C(C)NC(C)C)cc1. The molecule has 1 N–H and O–H groups in total. The molecule has 1 aromatic rings. The van der Waals surface area contributed by atoms with Gasteiger partial charge in [-0.05, 0) is 18.1 Å². The molecule has 0 amide bonds. The predicted molar refractivity (Wildman–Crippen MR) is 63.2 cm³/mol. The van der Waals surface area contributed by atoms with Crippen LogP contribution in [0.15, 0.2) is 30.8 Å². The summed E-state index contributed by atoms with van der Waals surface area (Å²) in [4.78, 5) is 0. The van der Waals surface area contributed by atoms with E-state index in [1.165, 1.54) is 11.1 Å². The lowest BCUT2D eigenvalue weighted by atomic mass is 10.1. The van der Waals surface area contributed by atoms with E-state index in [4.69, 9.17) is 0 Å². The van der Waals surface area contributed by atoms with Crippen molar-refractivity contribution in [1.82, 2.24) is 5.32 Å². The highest BCUT2D eigenvalue weighted by atomic mass is 14.9. The molecule has 0 heterocycles. The number of nitrogens with one attached hydrogen (secondary N) is 1. The first-order valence-electron chi connectivity index (χ1n) is 5.12. The molecule has 0 aliphatic rings. The van der Waals surface area contributed by atoms with Crippen LogP contribution in [-0.2, 0) is 0 Å². The second-order valence-electron chi connectivity index (χ2n) is 3.91. The van der Waals surface area contributed by atoms with E-state index in [1.54, 1.807) is 0 Å². The number of benzene rings is 1. The summed E-state index contributed by atoms with van der Waals surface area (Å²) in [5.74, 6) is 0. The van der Waals surface area contributed by atoms with Gasteiger partial charge in [0, 0.05) is 12.1 Å². The minimum Gasteiger partial charge on any atom is -0.308 e. The van der Waals surface area contributed by atoms with Crippen LogP contribution in [0.2, 0.25) is 0 Å². The Morgan fingerprint density at radius 2 is 1.71 bits per heavy atom. The standard InChI is InChI=1S/C13H19N/c1-5-12-6-8-13(9-7-12)11(4)14-10(2)3/h5-11,14H,1H2,2-4H3. The third-order valence-electron chi connectivity index (χ3n) is 2.26. The van der Waals surface area contributed by atoms with Crippen LogP contribution in [-0.4, -0.2) is 6.04 Å². The molecule has 0 aliphatic heterocycles. The zero-order valence-electron chi connectivity index (χ0n) is 9.25. The normalized spacial score (nSPS) is 12.9. The van der Waals surface area contributed by atoms with Gasteiger partial charge in [0.15, 0.2) is 0 Å². The lowest BCUT2D eigenvalue weighted by Gasteiger charge is -2.17. The summed E-state index contributed by atoms with van der Waals surface area (Å²) in [7, 11) is 0. The fourth-order valence-electron chi connectivity index (χ4n) is 1.52. The Kier molecular flexibility index (Phi) is 3.90. The van der Waals surface area contributed by atoms with Gasteiger partial charge in [0.2, 0.25) is 0 Å². The van der Waals surface area contributed by atoms with Gasteiger partial charge in [-0.15, -0.1) is 0 Å². The van der Waals surface area contributed by atoms with Gasteiger partial charge in [-0.1, -0.05) is 50.8 Å². The van der Waals surface area contributed by atoms with E-state index < -0.39 is 0 Å². The molecular weight excluding hydrogens is 170 g/mol. The maximum atomic E-state index is 3.74. The monoisotopic (exact) mass is 189 g/mol. The summed E-state index contributed by atoms with van der Waals surface area (Å²) in [6.07, 6.45) is 1.87. The van der Waals surface area contributed by atoms with Crippen LogP contribution >= 0.6 is 0 Å². The maximum Gasteiger partial charge on any atom is 0.0294 e. The first-order valence-corrected chi connectivity index (χ1v) is 5.12. The molecule has 14 heavy (non-hydrogen) atoms. The van der Waals surface area contributed by atoms with Crippen molar-refractivity contribution in [2.45, 2.75) is 32.9 Å². The zero-order valence-corrected chi connectivity index (χ0v) is 9.25. The molecule has 0 radical (unpaired) electrons. The minimum absolute atomic E-state index is 0.411. The van der Waals surface area contributed by atoms with Crippen molar-refractivity contribution in [3.63, 3.8) is 0 Å². The summed E-state index contributed by atoms with van der Waals surface area (Å²) >= 11 is 0. The van der Waals surface area contributed by atoms with E-state index in [0.717, 1.165) is 0 Å². The fourth-order valence-corrected chi connectivity index (χ4v) is 1.52. The highest BCUT2D eigenvalue weighted by molar-refractivity contribution is 5.47. The van der Waals surface area contributed by atoms with Gasteiger partial charge in [0.05, 0.1) is 0 Å². The third-order valence-corrected chi connectivity index (χ3v) is 2.26. The Balaban J connectivity index is 2.71. The Morgan fingerprint density at radius 1 is 1.14 bits per heavy atom. The Morgan fingerprint density at radius 3 is 2.14 bits per heavy atom. The topological polar surface area (TPSA) is 12.0 Å². The largest absolute Gasteiger partial charge is 0.308 e. The zero-order chi connectivity index (χ0) is 10.6. The lowest BCUT2D eigenvalue weighted by Crippen LogP contribution is -2.25. The third kappa shape index (κ3) is 3.00. The number of hydrogen-bond acceptors (Lipinski definition) is 1. The molecule has 0 fully saturated rings. The highest BCUT2D eigenvalue weighted by Gasteiger charge is 2.05. The fraction of sp³-hybridized carbons (Fsp3) is 0.385. The van der Waals surface area contributed by atoms with E-state index in [0.29, 0.717) is 12.1 Å². The molecule has 76 valence electrons. The van der Waals surface area contributed by atoms with Crippen LogP contribution in [0, 0.1) is 0 Å². The minimum atomic E-state index is 0.411. The van der Waals surface area contributed by atoms with E-state index in [9.17, 15) is 0 Å². The van der Waals surface area contributed by atoms with Gasteiger partial charge < -0.3 is 5.32 Å². The summed E-state index contributed by atoms with van der Waals surface area (Å²) in [5, 5.41) is 3.47. The second kappa shape index (κ2) is 4.97. The van der Waals surface area contributed by atoms with Gasteiger partial charge in [-0.3, -0.25) is 0 Å². The Hall–Kier alpha value is -1.08. The van der Waals surface area contributed by atoms with Crippen LogP contribution in [0.25, 0.3) is 6.08 Å². The van der Waals surface area contributed by atoms with E-state index in [-0.39, 0.29) is 0 Å². The molecular formula is C13H19N. The summed E-state index contributed by atoms with van der Waals surface area (Å²) < 4.78 is 0. The summed E-state index contributed by atoms with van der Waals surface area (Å²) in [6, 6.07) is 9.42. The van der Waals surface area contributed by atoms with Crippen LogP contribution in [0.1, 0.15) is 37.9 Å². The van der Waals surface area contributed by atoms with Crippen molar-refractivity contribution in [2.75, 3.05) is 0 Å². The van der Waals surface area contributed by atoms with Crippen molar-refractivity contribution in [2.24, 2.45) is 0 Å².